The molecule has 0 saturated carbocycles. The van der Waals surface area contributed by atoms with Gasteiger partial charge in [0.15, 0.2) is 0 Å². The van der Waals surface area contributed by atoms with E-state index in [1.54, 1.807) is 39.9 Å². The molecule has 37 heavy (non-hydrogen) atoms. The Hall–Kier alpha value is -2.68. The number of hydrogen-bond acceptors (Lipinski definition) is 5. The highest BCUT2D eigenvalue weighted by Gasteiger charge is 2.28. The monoisotopic (exact) mass is 543 g/mol. The smallest absolute Gasteiger partial charge is 0.254 e. The molecule has 0 spiro atoms. The fourth-order valence-electron chi connectivity index (χ4n) is 4.67. The molecule has 198 valence electrons. The molecule has 7 nitrogen and oxygen atoms in total. The fraction of sp³-hybridized carbons (Fsp3) is 0.429. The first-order chi connectivity index (χ1) is 17.6. The predicted molar refractivity (Wildman–Crippen MR) is 144 cm³/mol. The molecular formula is C28H34ClN3O4S. The normalized spacial score (nSPS) is 15.9. The maximum absolute atomic E-state index is 13.6. The highest BCUT2D eigenvalue weighted by atomic mass is 35.5. The number of carbonyl (C=O) groups excluding carboxylic acids is 1. The van der Waals surface area contributed by atoms with Gasteiger partial charge >= 0.3 is 0 Å². The van der Waals surface area contributed by atoms with Gasteiger partial charge in [0.2, 0.25) is 15.0 Å². The zero-order chi connectivity index (χ0) is 26.6. The molecule has 2 aromatic carbocycles. The van der Waals surface area contributed by atoms with Gasteiger partial charge in [0.25, 0.3) is 5.91 Å². The third-order valence-electron chi connectivity index (χ3n) is 6.33. The second kappa shape index (κ2) is 11.8. The number of benzene rings is 2. The Morgan fingerprint density at radius 2 is 2.00 bits per heavy atom. The number of rotatable bonds is 10. The van der Waals surface area contributed by atoms with Gasteiger partial charge in [-0.3, -0.25) is 4.79 Å². The minimum absolute atomic E-state index is 0.0324. The van der Waals surface area contributed by atoms with E-state index in [1.165, 1.54) is 0 Å². The second-order valence-electron chi connectivity index (χ2n) is 10.1. The number of nitrogens with zero attached hydrogens (tertiary/aromatic N) is 3. The molecule has 0 aliphatic carbocycles. The number of aromatic nitrogens is 2. The largest absolute Gasteiger partial charge is 0.376 e. The lowest BCUT2D eigenvalue weighted by Crippen LogP contribution is -2.37. The summed E-state index contributed by atoms with van der Waals surface area (Å²) < 4.78 is 34.6. The summed E-state index contributed by atoms with van der Waals surface area (Å²) >= 11 is 6.16. The van der Waals surface area contributed by atoms with Gasteiger partial charge in [-0.15, -0.1) is 0 Å². The summed E-state index contributed by atoms with van der Waals surface area (Å²) in [5.41, 5.74) is 2.87. The first-order valence-electron chi connectivity index (χ1n) is 12.6. The molecule has 0 bridgehead atoms. The van der Waals surface area contributed by atoms with Crippen LogP contribution in [0.15, 0.2) is 59.9 Å². The van der Waals surface area contributed by atoms with Crippen LogP contribution in [0, 0.1) is 12.8 Å². The van der Waals surface area contributed by atoms with Crippen LogP contribution in [0.3, 0.4) is 0 Å². The lowest BCUT2D eigenvalue weighted by molar-refractivity contribution is 0.0501. The van der Waals surface area contributed by atoms with Crippen LogP contribution in [-0.4, -0.2) is 48.0 Å². The molecule has 1 saturated heterocycles. The molecule has 1 fully saturated rings. The van der Waals surface area contributed by atoms with Gasteiger partial charge in [-0.25, -0.2) is 13.4 Å². The number of carbonyl (C=O) groups is 1. The van der Waals surface area contributed by atoms with E-state index in [9.17, 15) is 13.2 Å². The molecule has 9 heteroatoms. The summed E-state index contributed by atoms with van der Waals surface area (Å²) in [6, 6.07) is 14.3. The van der Waals surface area contributed by atoms with Gasteiger partial charge in [0.05, 0.1) is 30.3 Å². The zero-order valence-electron chi connectivity index (χ0n) is 21.6. The number of sulfone groups is 1. The fourth-order valence-corrected chi connectivity index (χ4v) is 6.34. The molecule has 1 aliphatic heterocycles. The summed E-state index contributed by atoms with van der Waals surface area (Å²) in [6.07, 6.45) is 3.35. The summed E-state index contributed by atoms with van der Waals surface area (Å²) in [5.74, 6) is -0.139. The standard InChI is InChI=1S/C28H34ClN3O4S/c1-20(2)16-32-25(15-30-28(32)37(34,35)19-22-8-4-7-21(3)13-22)17-31(18-26-11-6-12-36-26)27(33)23-9-5-10-24(29)14-23/h4-5,7-10,13-15,20,26H,6,11-12,16-19H2,1-3H3. The van der Waals surface area contributed by atoms with E-state index in [0.29, 0.717) is 36.0 Å². The maximum atomic E-state index is 13.6. The minimum Gasteiger partial charge on any atom is -0.376 e. The van der Waals surface area contributed by atoms with Crippen molar-refractivity contribution in [3.05, 3.63) is 82.1 Å². The van der Waals surface area contributed by atoms with Crippen molar-refractivity contribution >= 4 is 27.3 Å². The van der Waals surface area contributed by atoms with Gasteiger partial charge in [-0.1, -0.05) is 61.3 Å². The second-order valence-corrected chi connectivity index (χ2v) is 12.4. The Bertz CT molecular complexity index is 1350. The Morgan fingerprint density at radius 1 is 1.22 bits per heavy atom. The Labute approximate surface area is 224 Å². The van der Waals surface area contributed by atoms with Gasteiger partial charge in [0.1, 0.15) is 0 Å². The van der Waals surface area contributed by atoms with Gasteiger partial charge in [-0.2, -0.15) is 0 Å². The maximum Gasteiger partial charge on any atom is 0.254 e. The third-order valence-corrected chi connectivity index (χ3v) is 8.16. The number of hydrogen-bond donors (Lipinski definition) is 0. The van der Waals surface area contributed by atoms with Gasteiger partial charge < -0.3 is 14.2 Å². The van der Waals surface area contributed by atoms with Crippen LogP contribution in [0.1, 0.15) is 53.9 Å². The molecular weight excluding hydrogens is 510 g/mol. The van der Waals surface area contributed by atoms with E-state index in [1.807, 2.05) is 45.0 Å². The van der Waals surface area contributed by atoms with Crippen molar-refractivity contribution in [2.24, 2.45) is 5.92 Å². The summed E-state index contributed by atoms with van der Waals surface area (Å²) in [5, 5.41) is 0.516. The van der Waals surface area contributed by atoms with Crippen molar-refractivity contribution in [3.8, 4) is 0 Å². The van der Waals surface area contributed by atoms with E-state index in [0.717, 1.165) is 24.0 Å². The molecule has 0 N–H and O–H groups in total. The third kappa shape index (κ3) is 7.00. The molecule has 4 rings (SSSR count). The predicted octanol–water partition coefficient (Wildman–Crippen LogP) is 5.30. The number of amides is 1. The van der Waals surface area contributed by atoms with Crippen LogP contribution in [0.5, 0.6) is 0 Å². The van der Waals surface area contributed by atoms with E-state index < -0.39 is 9.84 Å². The average Bonchev–Trinajstić information content (AvgIpc) is 3.48. The minimum atomic E-state index is -3.72. The lowest BCUT2D eigenvalue weighted by atomic mass is 10.1. The van der Waals surface area contributed by atoms with Crippen LogP contribution in [-0.2, 0) is 33.4 Å². The lowest BCUT2D eigenvalue weighted by Gasteiger charge is -2.26. The number of ether oxygens (including phenoxy) is 1. The van der Waals surface area contributed by atoms with Gasteiger partial charge in [0, 0.05) is 30.3 Å². The highest BCUT2D eigenvalue weighted by Crippen LogP contribution is 2.23. The first kappa shape index (κ1) is 27.4. The summed E-state index contributed by atoms with van der Waals surface area (Å²) in [4.78, 5) is 19.7. The zero-order valence-corrected chi connectivity index (χ0v) is 23.1. The molecule has 0 radical (unpaired) electrons. The SMILES string of the molecule is Cc1cccc(CS(=O)(=O)c2ncc(CN(CC3CCCO3)C(=O)c3cccc(Cl)c3)n2CC(C)C)c1. The van der Waals surface area contributed by atoms with Crippen molar-refractivity contribution in [2.75, 3.05) is 13.2 Å². The van der Waals surface area contributed by atoms with Crippen molar-refractivity contribution in [3.63, 3.8) is 0 Å². The quantitative estimate of drug-likeness (QED) is 0.347. The van der Waals surface area contributed by atoms with E-state index in [4.69, 9.17) is 16.3 Å². The molecule has 2 heterocycles. The molecule has 1 atom stereocenters. The Kier molecular flexibility index (Phi) is 8.72. The van der Waals surface area contributed by atoms with Crippen LogP contribution < -0.4 is 0 Å². The van der Waals surface area contributed by atoms with Gasteiger partial charge in [-0.05, 0) is 49.4 Å². The molecule has 1 aromatic heterocycles. The Balaban J connectivity index is 1.67. The highest BCUT2D eigenvalue weighted by molar-refractivity contribution is 7.90. The van der Waals surface area contributed by atoms with Crippen LogP contribution >= 0.6 is 11.6 Å². The van der Waals surface area contributed by atoms with Crippen LogP contribution in [0.4, 0.5) is 0 Å². The number of imidazole rings is 1. The van der Waals surface area contributed by atoms with Crippen LogP contribution in [0.2, 0.25) is 5.02 Å². The van der Waals surface area contributed by atoms with Crippen molar-refractivity contribution in [1.82, 2.24) is 14.5 Å². The van der Waals surface area contributed by atoms with Crippen molar-refractivity contribution in [2.45, 2.75) is 63.7 Å². The van der Waals surface area contributed by atoms with Crippen molar-refractivity contribution in [1.29, 1.82) is 0 Å². The number of aryl methyl sites for hydroxylation is 1. The average molecular weight is 544 g/mol. The summed E-state index contributed by atoms with van der Waals surface area (Å²) in [6.45, 7) is 7.76. The topological polar surface area (TPSA) is 81.5 Å². The molecule has 1 aliphatic rings. The number of halogens is 1. The molecule has 3 aromatic rings. The molecule has 1 unspecified atom stereocenters. The first-order valence-corrected chi connectivity index (χ1v) is 14.6. The van der Waals surface area contributed by atoms with Crippen LogP contribution in [0.25, 0.3) is 0 Å². The van der Waals surface area contributed by atoms with E-state index in [2.05, 4.69) is 4.98 Å². The summed E-state index contributed by atoms with van der Waals surface area (Å²) in [7, 11) is -3.72. The van der Waals surface area contributed by atoms with Crippen molar-refractivity contribution < 1.29 is 17.9 Å². The Morgan fingerprint density at radius 3 is 2.68 bits per heavy atom. The molecule has 1 amide bonds. The van der Waals surface area contributed by atoms with E-state index >= 15 is 0 Å². The van der Waals surface area contributed by atoms with E-state index in [-0.39, 0.29) is 35.4 Å².